The molecule has 6 nitrogen and oxygen atoms in total. The molecular formula is C31H54N4O2S. The van der Waals surface area contributed by atoms with E-state index in [0.717, 1.165) is 45.0 Å². The Kier molecular flexibility index (Phi) is 19.0. The highest BCUT2D eigenvalue weighted by Crippen LogP contribution is 2.54. The molecule has 1 saturated carbocycles. The first-order chi connectivity index (χ1) is 18.4. The molecule has 0 aromatic heterocycles. The summed E-state index contributed by atoms with van der Waals surface area (Å²) in [4.78, 5) is 16.3. The van der Waals surface area contributed by atoms with Crippen molar-refractivity contribution in [3.63, 3.8) is 0 Å². The van der Waals surface area contributed by atoms with E-state index in [1.54, 1.807) is 0 Å². The number of allylic oxidation sites excluding steroid dienone is 2. The quantitative estimate of drug-likeness (QED) is 0.141. The zero-order chi connectivity index (χ0) is 29.0. The van der Waals surface area contributed by atoms with Gasteiger partial charge in [0.15, 0.2) is 0 Å². The monoisotopic (exact) mass is 546 g/mol. The predicted molar refractivity (Wildman–Crippen MR) is 170 cm³/mol. The minimum Gasteiger partial charge on any atom is -0.380 e. The highest BCUT2D eigenvalue weighted by atomic mass is 32.2. The highest BCUT2D eigenvalue weighted by Gasteiger charge is 2.44. The van der Waals surface area contributed by atoms with E-state index in [9.17, 15) is 0 Å². The van der Waals surface area contributed by atoms with Crippen molar-refractivity contribution in [2.24, 2.45) is 16.1 Å². The van der Waals surface area contributed by atoms with E-state index in [0.29, 0.717) is 5.41 Å². The molecule has 0 unspecified atom stereocenters. The SMILES string of the molecule is C=N/C(=C\C=C/CCOCCNC)c1ccc(SC(C)(C)C)cc1N1CCC2(CC1)CC2.C=O.CC.CN. The number of nitrogens with one attached hydrogen (secondary N) is 1. The maximum atomic E-state index is 8.00. The average Bonchev–Trinajstić information content (AvgIpc) is 3.69. The summed E-state index contributed by atoms with van der Waals surface area (Å²) in [6, 6.07) is 6.84. The van der Waals surface area contributed by atoms with Crippen molar-refractivity contribution < 1.29 is 9.53 Å². The first kappa shape index (κ1) is 36.1. The molecule has 0 atom stereocenters. The van der Waals surface area contributed by atoms with Gasteiger partial charge in [0, 0.05) is 40.5 Å². The van der Waals surface area contributed by atoms with Crippen LogP contribution in [0, 0.1) is 5.41 Å². The normalized spacial score (nSPS) is 16.0. The number of nitrogens with zero attached hydrogens (tertiary/aromatic N) is 2. The van der Waals surface area contributed by atoms with Gasteiger partial charge in [0.2, 0.25) is 0 Å². The second-order valence-corrected chi connectivity index (χ2v) is 11.9. The maximum Gasteiger partial charge on any atom is 0.106 e. The molecule has 0 amide bonds. The number of benzene rings is 1. The van der Waals surface area contributed by atoms with Gasteiger partial charge in [-0.1, -0.05) is 46.8 Å². The number of ether oxygens (including phenoxy) is 1. The molecule has 1 aliphatic heterocycles. The van der Waals surface area contributed by atoms with E-state index in [1.807, 2.05) is 39.4 Å². The highest BCUT2D eigenvalue weighted by molar-refractivity contribution is 8.00. The van der Waals surface area contributed by atoms with Crippen molar-refractivity contribution in [1.82, 2.24) is 5.32 Å². The number of hydrogen-bond acceptors (Lipinski definition) is 7. The third-order valence-electron chi connectivity index (χ3n) is 6.28. The topological polar surface area (TPSA) is 80.0 Å². The Morgan fingerprint density at radius 2 is 1.79 bits per heavy atom. The molecule has 38 heavy (non-hydrogen) atoms. The molecule has 1 heterocycles. The van der Waals surface area contributed by atoms with Gasteiger partial charge in [-0.15, -0.1) is 11.8 Å². The summed E-state index contributed by atoms with van der Waals surface area (Å²) in [5.41, 5.74) is 8.59. The molecule has 2 fully saturated rings. The van der Waals surface area contributed by atoms with E-state index >= 15 is 0 Å². The van der Waals surface area contributed by atoms with Gasteiger partial charge in [0.25, 0.3) is 0 Å². The fourth-order valence-electron chi connectivity index (χ4n) is 4.22. The maximum absolute atomic E-state index is 8.00. The van der Waals surface area contributed by atoms with Crippen molar-refractivity contribution in [1.29, 1.82) is 0 Å². The van der Waals surface area contributed by atoms with Crippen molar-refractivity contribution in [3.8, 4) is 0 Å². The zero-order valence-corrected chi connectivity index (χ0v) is 26.0. The average molecular weight is 547 g/mol. The van der Waals surface area contributed by atoms with Crippen molar-refractivity contribution >= 4 is 36.7 Å². The smallest absolute Gasteiger partial charge is 0.106 e. The Labute approximate surface area is 237 Å². The molecule has 7 heteroatoms. The number of anilines is 1. The van der Waals surface area contributed by atoms with Gasteiger partial charge in [-0.3, -0.25) is 4.99 Å². The van der Waals surface area contributed by atoms with Crippen LogP contribution >= 0.6 is 11.8 Å². The summed E-state index contributed by atoms with van der Waals surface area (Å²) in [5.74, 6) is 0. The predicted octanol–water partition coefficient (Wildman–Crippen LogP) is 6.60. The summed E-state index contributed by atoms with van der Waals surface area (Å²) < 4.78 is 5.77. The second-order valence-electron chi connectivity index (χ2n) is 10.0. The molecule has 1 saturated heterocycles. The number of piperidine rings is 1. The Bertz CT molecular complexity index is 835. The van der Waals surface area contributed by atoms with E-state index < -0.39 is 0 Å². The molecule has 3 N–H and O–H groups in total. The van der Waals surface area contributed by atoms with Gasteiger partial charge >= 0.3 is 0 Å². The van der Waals surface area contributed by atoms with Gasteiger partial charge in [0.1, 0.15) is 6.79 Å². The van der Waals surface area contributed by atoms with E-state index in [-0.39, 0.29) is 4.75 Å². The summed E-state index contributed by atoms with van der Waals surface area (Å²) in [5, 5.41) is 3.09. The Morgan fingerprint density at radius 3 is 2.32 bits per heavy atom. The minimum absolute atomic E-state index is 0.187. The number of carbonyl (C=O) groups excluding carboxylic acids is 1. The molecule has 1 aromatic rings. The molecular weight excluding hydrogens is 492 g/mol. The molecule has 1 spiro atoms. The van der Waals surface area contributed by atoms with Gasteiger partial charge in [-0.2, -0.15) is 0 Å². The molecule has 216 valence electrons. The second kappa shape index (κ2) is 20.0. The lowest BCUT2D eigenvalue weighted by Gasteiger charge is -2.35. The standard InChI is InChI=1S/C27H41N3OS.C2H6.CH5N.CH2O/c1-26(2,3)32-22-10-11-23(24(29-5)9-7-6-8-19-31-20-16-28-4)25(21-22)30-17-14-27(12-13-27)15-18-30;3*1-2/h6-7,9-11,21,28H,5,8,12-20H2,1-4H3;1-2H3;2H2,1H3;1H2/b7-6-,24-9-;;;. The van der Waals surface area contributed by atoms with Crippen LogP contribution in [0.2, 0.25) is 0 Å². The number of hydrogen-bond donors (Lipinski definition) is 2. The van der Waals surface area contributed by atoms with E-state index in [1.165, 1.54) is 48.9 Å². The van der Waals surface area contributed by atoms with Crippen LogP contribution in [0.5, 0.6) is 0 Å². The third-order valence-corrected chi connectivity index (χ3v) is 7.38. The van der Waals surface area contributed by atoms with Gasteiger partial charge in [-0.25, -0.2) is 0 Å². The zero-order valence-electron chi connectivity index (χ0n) is 25.1. The van der Waals surface area contributed by atoms with Crippen molar-refractivity contribution in [2.45, 2.75) is 76.4 Å². The van der Waals surface area contributed by atoms with Gasteiger partial charge in [0.05, 0.1) is 18.9 Å². The molecule has 3 rings (SSSR count). The largest absolute Gasteiger partial charge is 0.380 e. The van der Waals surface area contributed by atoms with Crippen LogP contribution in [0.25, 0.3) is 5.70 Å². The summed E-state index contributed by atoms with van der Waals surface area (Å²) in [7, 11) is 3.44. The van der Waals surface area contributed by atoms with Crippen LogP contribution in [-0.2, 0) is 9.53 Å². The number of thioether (sulfide) groups is 1. The number of rotatable bonds is 11. The third kappa shape index (κ3) is 13.2. The molecule has 2 aliphatic rings. The lowest BCUT2D eigenvalue weighted by molar-refractivity contribution is -0.0980. The Hall–Kier alpha value is -1.93. The first-order valence-corrected chi connectivity index (χ1v) is 14.7. The fraction of sp³-hybridized carbons (Fsp3) is 0.613. The van der Waals surface area contributed by atoms with Crippen LogP contribution in [0.3, 0.4) is 0 Å². The summed E-state index contributed by atoms with van der Waals surface area (Å²) in [6.45, 7) is 21.3. The molecule has 1 aromatic carbocycles. The Balaban J connectivity index is 0.00000213. The van der Waals surface area contributed by atoms with Crippen LogP contribution in [-0.4, -0.2) is 65.2 Å². The van der Waals surface area contributed by atoms with Crippen LogP contribution in [0.15, 0.2) is 46.3 Å². The molecule has 0 bridgehead atoms. The van der Waals surface area contributed by atoms with Gasteiger partial charge in [-0.05, 0) is 82.6 Å². The molecule has 1 aliphatic carbocycles. The fourth-order valence-corrected chi connectivity index (χ4v) is 5.23. The van der Waals surface area contributed by atoms with E-state index in [2.05, 4.69) is 84.9 Å². The minimum atomic E-state index is 0.187. The van der Waals surface area contributed by atoms with E-state index in [4.69, 9.17) is 9.53 Å². The van der Waals surface area contributed by atoms with Gasteiger partial charge < -0.3 is 25.5 Å². The lowest BCUT2D eigenvalue weighted by Crippen LogP contribution is -2.35. The number of likely N-dealkylation sites (N-methyl/N-ethyl adjacent to an activating group) is 1. The van der Waals surface area contributed by atoms with Crippen molar-refractivity contribution in [2.75, 3.05) is 51.8 Å². The Morgan fingerprint density at radius 1 is 1.16 bits per heavy atom. The molecule has 0 radical (unpaired) electrons. The van der Waals surface area contributed by atoms with Crippen LogP contribution in [0.1, 0.15) is 72.3 Å². The summed E-state index contributed by atoms with van der Waals surface area (Å²) in [6.07, 6.45) is 12.7. The lowest BCUT2D eigenvalue weighted by atomic mass is 9.93. The number of aliphatic imine (C=N–C) groups is 1. The number of carbonyl (C=O) groups is 1. The first-order valence-electron chi connectivity index (χ1n) is 13.9. The van der Waals surface area contributed by atoms with Crippen LogP contribution in [0.4, 0.5) is 5.69 Å². The summed E-state index contributed by atoms with van der Waals surface area (Å²) >= 11 is 1.93. The number of nitrogens with two attached hydrogens (primary N) is 1. The van der Waals surface area contributed by atoms with Crippen molar-refractivity contribution in [3.05, 3.63) is 42.0 Å². The van der Waals surface area contributed by atoms with Crippen LogP contribution < -0.4 is 16.0 Å².